The van der Waals surface area contributed by atoms with Crippen molar-refractivity contribution in [2.75, 3.05) is 7.05 Å². The second kappa shape index (κ2) is 4.66. The SMILES string of the molecule is CNC(=O)C(C)Cn1nc(C)c(Cl)c1C. The van der Waals surface area contributed by atoms with Crippen molar-refractivity contribution in [2.45, 2.75) is 27.3 Å². The number of aromatic nitrogens is 2. The smallest absolute Gasteiger partial charge is 0.224 e. The lowest BCUT2D eigenvalue weighted by atomic mass is 10.1. The molecule has 1 aromatic rings. The molecule has 0 aromatic carbocycles. The van der Waals surface area contributed by atoms with Crippen LogP contribution >= 0.6 is 11.6 Å². The Labute approximate surface area is 94.6 Å². The molecule has 1 N–H and O–H groups in total. The number of hydrogen-bond donors (Lipinski definition) is 1. The van der Waals surface area contributed by atoms with Crippen LogP contribution < -0.4 is 5.32 Å². The number of hydrogen-bond acceptors (Lipinski definition) is 2. The van der Waals surface area contributed by atoms with E-state index in [2.05, 4.69) is 10.4 Å². The summed E-state index contributed by atoms with van der Waals surface area (Å²) in [4.78, 5) is 11.3. The Morgan fingerprint density at radius 1 is 1.60 bits per heavy atom. The van der Waals surface area contributed by atoms with Gasteiger partial charge in [-0.3, -0.25) is 9.48 Å². The van der Waals surface area contributed by atoms with Crippen LogP contribution in [-0.4, -0.2) is 22.7 Å². The maximum Gasteiger partial charge on any atom is 0.224 e. The standard InChI is InChI=1S/C10H16ClN3O/c1-6(10(15)12-4)5-14-8(3)9(11)7(2)13-14/h6H,5H2,1-4H3,(H,12,15). The maximum atomic E-state index is 11.3. The van der Waals surface area contributed by atoms with Crippen molar-refractivity contribution >= 4 is 17.5 Å². The fraction of sp³-hybridized carbons (Fsp3) is 0.600. The molecule has 1 atom stereocenters. The van der Waals surface area contributed by atoms with Crippen LogP contribution in [0.4, 0.5) is 0 Å². The van der Waals surface area contributed by atoms with Crippen molar-refractivity contribution < 1.29 is 4.79 Å². The minimum absolute atomic E-state index is 0.0127. The maximum absolute atomic E-state index is 11.3. The van der Waals surface area contributed by atoms with Crippen LogP contribution in [0.5, 0.6) is 0 Å². The van der Waals surface area contributed by atoms with Gasteiger partial charge >= 0.3 is 0 Å². The Kier molecular flexibility index (Phi) is 3.74. The summed E-state index contributed by atoms with van der Waals surface area (Å²) in [5.41, 5.74) is 1.71. The highest BCUT2D eigenvalue weighted by Crippen LogP contribution is 2.19. The van der Waals surface area contributed by atoms with Crippen molar-refractivity contribution in [1.29, 1.82) is 0 Å². The van der Waals surface area contributed by atoms with Gasteiger partial charge in [-0.05, 0) is 13.8 Å². The molecular formula is C10H16ClN3O. The average Bonchev–Trinajstić information content (AvgIpc) is 2.45. The molecule has 0 aliphatic rings. The molecule has 84 valence electrons. The molecule has 1 unspecified atom stereocenters. The van der Waals surface area contributed by atoms with Crippen LogP contribution in [0.3, 0.4) is 0 Å². The minimum Gasteiger partial charge on any atom is -0.359 e. The van der Waals surface area contributed by atoms with E-state index in [1.807, 2.05) is 20.8 Å². The molecule has 0 saturated heterocycles. The number of halogens is 1. The minimum atomic E-state index is -0.107. The Bertz CT molecular complexity index is 373. The zero-order chi connectivity index (χ0) is 11.6. The van der Waals surface area contributed by atoms with Gasteiger partial charge in [0, 0.05) is 7.05 Å². The summed E-state index contributed by atoms with van der Waals surface area (Å²) in [7, 11) is 1.63. The van der Waals surface area contributed by atoms with Gasteiger partial charge in [0.05, 0.1) is 28.9 Å². The summed E-state index contributed by atoms with van der Waals surface area (Å²) < 4.78 is 1.78. The quantitative estimate of drug-likeness (QED) is 0.855. The van der Waals surface area contributed by atoms with Gasteiger partial charge in [0.15, 0.2) is 0 Å². The molecule has 0 saturated carbocycles. The third-order valence-corrected chi connectivity index (χ3v) is 2.98. The lowest BCUT2D eigenvalue weighted by Gasteiger charge is -2.11. The number of aryl methyl sites for hydroxylation is 1. The predicted molar refractivity (Wildman–Crippen MR) is 59.9 cm³/mol. The van der Waals surface area contributed by atoms with Crippen molar-refractivity contribution in [1.82, 2.24) is 15.1 Å². The van der Waals surface area contributed by atoms with E-state index in [0.717, 1.165) is 11.4 Å². The Hall–Kier alpha value is -1.03. The fourth-order valence-corrected chi connectivity index (χ4v) is 1.58. The van der Waals surface area contributed by atoms with Gasteiger partial charge in [0.25, 0.3) is 0 Å². The molecule has 1 heterocycles. The van der Waals surface area contributed by atoms with Crippen LogP contribution in [0.2, 0.25) is 5.02 Å². The van der Waals surface area contributed by atoms with Crippen LogP contribution in [0.1, 0.15) is 18.3 Å². The molecule has 0 radical (unpaired) electrons. The van der Waals surface area contributed by atoms with Crippen molar-refractivity contribution in [3.8, 4) is 0 Å². The largest absolute Gasteiger partial charge is 0.359 e. The fourth-order valence-electron chi connectivity index (χ4n) is 1.44. The lowest BCUT2D eigenvalue weighted by molar-refractivity contribution is -0.124. The molecule has 1 rings (SSSR count). The molecular weight excluding hydrogens is 214 g/mol. The van der Waals surface area contributed by atoms with Crippen LogP contribution in [0.25, 0.3) is 0 Å². The summed E-state index contributed by atoms with van der Waals surface area (Å²) in [6, 6.07) is 0. The monoisotopic (exact) mass is 229 g/mol. The first-order chi connectivity index (χ1) is 6.97. The molecule has 4 nitrogen and oxygen atoms in total. The van der Waals surface area contributed by atoms with E-state index < -0.39 is 0 Å². The van der Waals surface area contributed by atoms with E-state index in [0.29, 0.717) is 11.6 Å². The highest BCUT2D eigenvalue weighted by Gasteiger charge is 2.15. The molecule has 0 fully saturated rings. The highest BCUT2D eigenvalue weighted by atomic mass is 35.5. The molecule has 1 aromatic heterocycles. The van der Waals surface area contributed by atoms with Gasteiger partial charge < -0.3 is 5.32 Å². The zero-order valence-electron chi connectivity index (χ0n) is 9.47. The molecule has 5 heteroatoms. The molecule has 0 aliphatic carbocycles. The number of rotatable bonds is 3. The number of nitrogens with zero attached hydrogens (tertiary/aromatic N) is 2. The van der Waals surface area contributed by atoms with E-state index in [1.54, 1.807) is 11.7 Å². The summed E-state index contributed by atoms with van der Waals surface area (Å²) >= 11 is 6.01. The third kappa shape index (κ3) is 2.50. The summed E-state index contributed by atoms with van der Waals surface area (Å²) in [5, 5.41) is 7.56. The number of nitrogens with one attached hydrogen (secondary N) is 1. The Balaban J connectivity index is 2.81. The molecule has 0 aliphatic heterocycles. The van der Waals surface area contributed by atoms with Crippen molar-refractivity contribution in [3.05, 3.63) is 16.4 Å². The molecule has 1 amide bonds. The average molecular weight is 230 g/mol. The number of carbonyl (C=O) groups is 1. The van der Waals surface area contributed by atoms with Crippen LogP contribution in [-0.2, 0) is 11.3 Å². The second-order valence-electron chi connectivity index (χ2n) is 3.68. The number of amides is 1. The van der Waals surface area contributed by atoms with Gasteiger partial charge in [-0.2, -0.15) is 5.10 Å². The molecule has 0 spiro atoms. The van der Waals surface area contributed by atoms with Gasteiger partial charge in [-0.15, -0.1) is 0 Å². The Morgan fingerprint density at radius 2 is 2.20 bits per heavy atom. The van der Waals surface area contributed by atoms with E-state index in [-0.39, 0.29) is 11.8 Å². The first-order valence-electron chi connectivity index (χ1n) is 4.88. The van der Waals surface area contributed by atoms with Gasteiger partial charge in [-0.25, -0.2) is 0 Å². The predicted octanol–water partition coefficient (Wildman–Crippen LogP) is 1.54. The van der Waals surface area contributed by atoms with Gasteiger partial charge in [0.1, 0.15) is 0 Å². The summed E-state index contributed by atoms with van der Waals surface area (Å²) in [6.45, 7) is 6.18. The van der Waals surface area contributed by atoms with Crippen LogP contribution in [0.15, 0.2) is 0 Å². The van der Waals surface area contributed by atoms with Gasteiger partial charge in [0.2, 0.25) is 5.91 Å². The van der Waals surface area contributed by atoms with E-state index in [1.165, 1.54) is 0 Å². The Morgan fingerprint density at radius 3 is 2.60 bits per heavy atom. The number of carbonyl (C=O) groups excluding carboxylic acids is 1. The van der Waals surface area contributed by atoms with Crippen molar-refractivity contribution in [3.63, 3.8) is 0 Å². The van der Waals surface area contributed by atoms with E-state index >= 15 is 0 Å². The van der Waals surface area contributed by atoms with Gasteiger partial charge in [-0.1, -0.05) is 18.5 Å². The molecule has 15 heavy (non-hydrogen) atoms. The highest BCUT2D eigenvalue weighted by molar-refractivity contribution is 6.31. The topological polar surface area (TPSA) is 46.9 Å². The van der Waals surface area contributed by atoms with E-state index in [9.17, 15) is 4.79 Å². The normalized spacial score (nSPS) is 12.6. The second-order valence-corrected chi connectivity index (χ2v) is 4.06. The zero-order valence-corrected chi connectivity index (χ0v) is 10.2. The third-order valence-electron chi connectivity index (χ3n) is 2.43. The first kappa shape index (κ1) is 12.0. The first-order valence-corrected chi connectivity index (χ1v) is 5.26. The van der Waals surface area contributed by atoms with Crippen molar-refractivity contribution in [2.24, 2.45) is 5.92 Å². The van der Waals surface area contributed by atoms with Crippen LogP contribution in [0, 0.1) is 19.8 Å². The summed E-state index contributed by atoms with van der Waals surface area (Å²) in [6.07, 6.45) is 0. The molecule has 0 bridgehead atoms. The summed E-state index contributed by atoms with van der Waals surface area (Å²) in [5.74, 6) is -0.0947. The lowest BCUT2D eigenvalue weighted by Crippen LogP contribution is -2.28. The van der Waals surface area contributed by atoms with E-state index in [4.69, 9.17) is 11.6 Å².